The first-order valence-electron chi connectivity index (χ1n) is 2.26. The molecular weight excluding hydrogens is 322 g/mol. The molecular formula is C7H7U+. The third-order valence-corrected chi connectivity index (χ3v) is 0.843. The first-order valence-corrected chi connectivity index (χ1v) is 2.26. The smallest absolute Gasteiger partial charge is 0.199 e. The molecule has 0 saturated heterocycles. The second-order valence-electron chi connectivity index (χ2n) is 1.49. The molecule has 0 aliphatic carbocycles. The summed E-state index contributed by atoms with van der Waals surface area (Å²) in [5.74, 6) is 0. The predicted molar refractivity (Wildman–Crippen MR) is 30.9 cm³/mol. The van der Waals surface area contributed by atoms with Gasteiger partial charge in [0.15, 0.2) is 0 Å². The van der Waals surface area contributed by atoms with Gasteiger partial charge in [0, 0.05) is 0 Å². The number of rotatable bonds is 0. The molecule has 8 heavy (non-hydrogen) atoms. The predicted octanol–water partition coefficient (Wildman–Crippen LogP) is 1.87. The zero-order valence-electron chi connectivity index (χ0n) is 4.59. The van der Waals surface area contributed by atoms with Gasteiger partial charge in [-0.3, -0.25) is 0 Å². The van der Waals surface area contributed by atoms with Gasteiger partial charge in [-0.25, -0.2) is 0 Å². The van der Waals surface area contributed by atoms with Crippen LogP contribution in [0.25, 0.3) is 0 Å². The first-order chi connectivity index (χ1) is 3.39. The van der Waals surface area contributed by atoms with Crippen LogP contribution in [0.4, 0.5) is 0 Å². The van der Waals surface area contributed by atoms with Crippen molar-refractivity contribution in [1.82, 2.24) is 0 Å². The van der Waals surface area contributed by atoms with Crippen LogP contribution in [0.1, 0.15) is 5.56 Å². The average molecular weight is 329 g/mol. The maximum absolute atomic E-state index is 3.72. The van der Waals surface area contributed by atoms with Crippen LogP contribution in [0.5, 0.6) is 0 Å². The van der Waals surface area contributed by atoms with Crippen LogP contribution in [0.2, 0.25) is 0 Å². The Kier molecular flexibility index (Phi) is 4.14. The molecule has 1 aromatic carbocycles. The van der Waals surface area contributed by atoms with E-state index in [1.54, 1.807) is 0 Å². The van der Waals surface area contributed by atoms with Gasteiger partial charge in [0.1, 0.15) is 0 Å². The molecule has 0 heterocycles. The molecule has 0 fully saturated rings. The summed E-state index contributed by atoms with van der Waals surface area (Å²) in [7, 11) is 0. The van der Waals surface area contributed by atoms with Gasteiger partial charge in [-0.2, -0.15) is 24.6 Å². The standard InChI is InChI=1S/C7H7.U/c1-7-5-3-2-4-6-7;/h2-6H,1H2;/q-1;+2. The fourth-order valence-electron chi connectivity index (χ4n) is 0.478. The first kappa shape index (κ1) is 8.14. The van der Waals surface area contributed by atoms with E-state index < -0.39 is 0 Å². The number of benzene rings is 1. The number of hydrogen-bond donors (Lipinski definition) is 0. The molecule has 0 nitrogen and oxygen atoms in total. The monoisotopic (exact) mass is 329 g/mol. The van der Waals surface area contributed by atoms with Crippen molar-refractivity contribution in [3.05, 3.63) is 42.8 Å². The van der Waals surface area contributed by atoms with Crippen LogP contribution < -0.4 is 0 Å². The molecule has 1 heteroatoms. The molecule has 0 aliphatic heterocycles. The largest absolute Gasteiger partial charge is 2.00 e. The van der Waals surface area contributed by atoms with E-state index in [2.05, 4.69) is 6.92 Å². The Morgan fingerprint density at radius 1 is 1.00 bits per heavy atom. The average Bonchev–Trinajstić information content (AvgIpc) is 1.69. The summed E-state index contributed by atoms with van der Waals surface area (Å²) in [4.78, 5) is 0. The Morgan fingerprint density at radius 3 is 1.75 bits per heavy atom. The van der Waals surface area contributed by atoms with Crippen LogP contribution in [-0.4, -0.2) is 0 Å². The molecule has 0 N–H and O–H groups in total. The SMILES string of the molecule is [CH2-]c1ccccc1.[U+2]. The van der Waals surface area contributed by atoms with E-state index in [0.29, 0.717) is 0 Å². The van der Waals surface area contributed by atoms with Gasteiger partial charge in [-0.15, -0.1) is 12.1 Å². The zero-order valence-corrected chi connectivity index (χ0v) is 8.76. The van der Waals surface area contributed by atoms with Crippen LogP contribution in [0.15, 0.2) is 30.3 Å². The van der Waals surface area contributed by atoms with Gasteiger partial charge >= 0.3 is 31.1 Å². The fourth-order valence-corrected chi connectivity index (χ4v) is 0.478. The van der Waals surface area contributed by atoms with E-state index in [4.69, 9.17) is 0 Å². The van der Waals surface area contributed by atoms with Gasteiger partial charge in [0.2, 0.25) is 0 Å². The van der Waals surface area contributed by atoms with Crippen molar-refractivity contribution in [3.63, 3.8) is 0 Å². The van der Waals surface area contributed by atoms with Crippen molar-refractivity contribution in [2.24, 2.45) is 0 Å². The van der Waals surface area contributed by atoms with Crippen molar-refractivity contribution in [2.75, 3.05) is 0 Å². The molecule has 0 radical (unpaired) electrons. The Labute approximate surface area is 73.7 Å². The van der Waals surface area contributed by atoms with E-state index >= 15 is 0 Å². The summed E-state index contributed by atoms with van der Waals surface area (Å²) < 4.78 is 0. The Balaban J connectivity index is 0.000000490. The van der Waals surface area contributed by atoms with Gasteiger partial charge in [0.05, 0.1) is 0 Å². The summed E-state index contributed by atoms with van der Waals surface area (Å²) in [6.07, 6.45) is 0. The van der Waals surface area contributed by atoms with E-state index in [1.165, 1.54) is 0 Å². The minimum Gasteiger partial charge on any atom is -0.199 e. The maximum atomic E-state index is 3.72. The minimum absolute atomic E-state index is 0. The molecule has 0 aliphatic rings. The summed E-state index contributed by atoms with van der Waals surface area (Å²) in [5, 5.41) is 0. The maximum Gasteiger partial charge on any atom is 2.00 e. The van der Waals surface area contributed by atoms with Crippen LogP contribution in [0.3, 0.4) is 0 Å². The van der Waals surface area contributed by atoms with Crippen molar-refractivity contribution in [3.8, 4) is 0 Å². The molecule has 0 saturated carbocycles. The molecule has 38 valence electrons. The third kappa shape index (κ3) is 2.45. The molecule has 1 aromatic rings. The molecule has 0 bridgehead atoms. The van der Waals surface area contributed by atoms with Crippen LogP contribution in [-0.2, 0) is 0 Å². The number of hydrogen-bond acceptors (Lipinski definition) is 0. The minimum atomic E-state index is 0. The molecule has 0 spiro atoms. The Bertz CT molecular complexity index is 134. The van der Waals surface area contributed by atoms with Crippen LogP contribution >= 0.6 is 0 Å². The molecule has 0 amide bonds. The fraction of sp³-hybridized carbons (Fsp3) is 0. The normalized spacial score (nSPS) is 7.50. The molecule has 1 rings (SSSR count). The zero-order chi connectivity index (χ0) is 5.11. The van der Waals surface area contributed by atoms with Crippen molar-refractivity contribution >= 4 is 0 Å². The van der Waals surface area contributed by atoms with Gasteiger partial charge < -0.3 is 0 Å². The summed E-state index contributed by atoms with van der Waals surface area (Å²) in [5.41, 5.74) is 1.07. The quantitative estimate of drug-likeness (QED) is 0.638. The van der Waals surface area contributed by atoms with Crippen molar-refractivity contribution in [2.45, 2.75) is 0 Å². The Hall–Kier alpha value is 0.142. The van der Waals surface area contributed by atoms with Gasteiger partial charge in [-0.1, -0.05) is 6.07 Å². The van der Waals surface area contributed by atoms with Crippen molar-refractivity contribution < 1.29 is 31.1 Å². The van der Waals surface area contributed by atoms with E-state index in [9.17, 15) is 0 Å². The summed E-state index contributed by atoms with van der Waals surface area (Å²) in [6, 6.07) is 9.87. The second kappa shape index (κ2) is 4.06. The van der Waals surface area contributed by atoms with Gasteiger partial charge in [0.25, 0.3) is 0 Å². The van der Waals surface area contributed by atoms with Gasteiger partial charge in [-0.05, 0) is 0 Å². The second-order valence-corrected chi connectivity index (χ2v) is 1.49. The van der Waals surface area contributed by atoms with Crippen LogP contribution in [0, 0.1) is 38.0 Å². The molecule has 0 aromatic heterocycles. The topological polar surface area (TPSA) is 0 Å². The summed E-state index contributed by atoms with van der Waals surface area (Å²) >= 11 is 0. The Morgan fingerprint density at radius 2 is 1.50 bits per heavy atom. The van der Waals surface area contributed by atoms with E-state index in [0.717, 1.165) is 5.56 Å². The van der Waals surface area contributed by atoms with Crippen molar-refractivity contribution in [1.29, 1.82) is 0 Å². The molecule has 0 atom stereocenters. The third-order valence-electron chi connectivity index (χ3n) is 0.843. The van der Waals surface area contributed by atoms with E-state index in [1.807, 2.05) is 30.3 Å². The van der Waals surface area contributed by atoms with E-state index in [-0.39, 0.29) is 31.1 Å². The molecule has 0 unspecified atom stereocenters. The summed E-state index contributed by atoms with van der Waals surface area (Å²) in [6.45, 7) is 3.72.